The number of unbranched alkanes of at least 4 members (excludes halogenated alkanes) is 2. The standard InChI is InChI=1S/C19H27N2O6P/c1-13(22)20-9-4-2-3-8-18(28(25)26)17-11-21-16(12-27-17)14-6-5-7-15(10-14)19(23)24/h5-7,10,16-18,21H,2-4,8-9,11-12H2,1H3,(H2-,20,22,23,24,25,26)/p+1/t16-,17-,18?/m0/s1. The van der Waals surface area contributed by atoms with E-state index in [4.69, 9.17) is 9.84 Å². The molecular formula is C19H28N2O6P+. The number of aromatic carboxylic acids is 1. The molecule has 1 aromatic rings. The van der Waals surface area contributed by atoms with Gasteiger partial charge in [0, 0.05) is 20.0 Å². The molecular weight excluding hydrogens is 383 g/mol. The summed E-state index contributed by atoms with van der Waals surface area (Å²) in [7, 11) is -2.37. The Hall–Kier alpha value is -1.86. The molecule has 0 bridgehead atoms. The second-order valence-electron chi connectivity index (χ2n) is 6.97. The van der Waals surface area contributed by atoms with Crippen LogP contribution in [0.15, 0.2) is 24.3 Å². The van der Waals surface area contributed by atoms with Gasteiger partial charge in [0.05, 0.1) is 18.2 Å². The van der Waals surface area contributed by atoms with Gasteiger partial charge in [0.15, 0.2) is 0 Å². The van der Waals surface area contributed by atoms with Gasteiger partial charge in [-0.2, -0.15) is 4.89 Å². The van der Waals surface area contributed by atoms with E-state index >= 15 is 0 Å². The molecule has 1 aliphatic rings. The van der Waals surface area contributed by atoms with Crippen molar-refractivity contribution in [3.63, 3.8) is 0 Å². The fraction of sp³-hybridized carbons (Fsp3) is 0.579. The zero-order valence-corrected chi connectivity index (χ0v) is 16.9. The summed E-state index contributed by atoms with van der Waals surface area (Å²) in [5.41, 5.74) is 0.591. The van der Waals surface area contributed by atoms with Gasteiger partial charge in [-0.3, -0.25) is 4.79 Å². The van der Waals surface area contributed by atoms with Gasteiger partial charge in [-0.25, -0.2) is 4.79 Å². The molecule has 2 unspecified atom stereocenters. The number of carbonyl (C=O) groups excluding carboxylic acids is 1. The average Bonchev–Trinajstić information content (AvgIpc) is 2.67. The Bertz CT molecular complexity index is 691. The number of morpholine rings is 1. The van der Waals surface area contributed by atoms with E-state index in [1.165, 1.54) is 13.0 Å². The van der Waals surface area contributed by atoms with Crippen molar-refractivity contribution in [2.45, 2.75) is 50.4 Å². The van der Waals surface area contributed by atoms with E-state index < -0.39 is 19.7 Å². The first kappa shape index (κ1) is 22.4. The Kier molecular flexibility index (Phi) is 8.99. The molecule has 1 aliphatic heterocycles. The number of nitrogens with one attached hydrogen (secondary N) is 2. The molecule has 0 spiro atoms. The van der Waals surface area contributed by atoms with E-state index in [2.05, 4.69) is 10.6 Å². The largest absolute Gasteiger partial charge is 0.511 e. The van der Waals surface area contributed by atoms with Gasteiger partial charge in [0.1, 0.15) is 6.10 Å². The van der Waals surface area contributed by atoms with Crippen LogP contribution in [-0.4, -0.2) is 53.3 Å². The topological polar surface area (TPSA) is 125 Å². The van der Waals surface area contributed by atoms with Crippen molar-refractivity contribution in [2.75, 3.05) is 19.7 Å². The van der Waals surface area contributed by atoms with Crippen molar-refractivity contribution < 1.29 is 28.9 Å². The molecule has 1 amide bonds. The molecule has 4 N–H and O–H groups in total. The first-order valence-electron chi connectivity index (χ1n) is 9.46. The Morgan fingerprint density at radius 1 is 1.36 bits per heavy atom. The van der Waals surface area contributed by atoms with Crippen LogP contribution >= 0.6 is 8.03 Å². The Balaban J connectivity index is 1.82. The maximum absolute atomic E-state index is 11.8. The highest BCUT2D eigenvalue weighted by Gasteiger charge is 2.40. The van der Waals surface area contributed by atoms with Crippen LogP contribution in [0.4, 0.5) is 0 Å². The second-order valence-corrected chi connectivity index (χ2v) is 8.23. The van der Waals surface area contributed by atoms with Crippen molar-refractivity contribution in [3.05, 3.63) is 35.4 Å². The fourth-order valence-corrected chi connectivity index (χ4v) is 4.18. The number of hydrogen-bond donors (Lipinski definition) is 4. The first-order chi connectivity index (χ1) is 13.4. The van der Waals surface area contributed by atoms with Gasteiger partial charge < -0.3 is 20.5 Å². The molecule has 1 saturated heterocycles. The van der Waals surface area contributed by atoms with E-state index in [0.717, 1.165) is 24.8 Å². The lowest BCUT2D eigenvalue weighted by molar-refractivity contribution is -0.118. The van der Waals surface area contributed by atoms with E-state index in [0.29, 0.717) is 26.1 Å². The van der Waals surface area contributed by atoms with Gasteiger partial charge in [-0.05, 0) is 41.5 Å². The third-order valence-electron chi connectivity index (χ3n) is 4.84. The van der Waals surface area contributed by atoms with Crippen LogP contribution in [0.2, 0.25) is 0 Å². The van der Waals surface area contributed by atoms with Crippen LogP contribution in [0.1, 0.15) is 54.6 Å². The lowest BCUT2D eigenvalue weighted by Crippen LogP contribution is -2.45. The molecule has 1 heterocycles. The number of carboxylic acids is 1. The summed E-state index contributed by atoms with van der Waals surface area (Å²) in [4.78, 5) is 31.6. The van der Waals surface area contributed by atoms with Gasteiger partial charge in [-0.15, -0.1) is 0 Å². The predicted octanol–water partition coefficient (Wildman–Crippen LogP) is 2.21. The fourth-order valence-electron chi connectivity index (χ4n) is 3.30. The van der Waals surface area contributed by atoms with Crippen molar-refractivity contribution in [1.29, 1.82) is 0 Å². The Morgan fingerprint density at radius 3 is 2.75 bits per heavy atom. The predicted molar refractivity (Wildman–Crippen MR) is 105 cm³/mol. The Morgan fingerprint density at radius 2 is 2.14 bits per heavy atom. The van der Waals surface area contributed by atoms with Gasteiger partial charge in [-0.1, -0.05) is 18.6 Å². The summed E-state index contributed by atoms with van der Waals surface area (Å²) in [6.45, 7) is 2.84. The highest BCUT2D eigenvalue weighted by molar-refractivity contribution is 7.39. The number of amides is 1. The number of ether oxygens (including phenoxy) is 1. The lowest BCUT2D eigenvalue weighted by atomic mass is 10.0. The van der Waals surface area contributed by atoms with Crippen molar-refractivity contribution >= 4 is 19.9 Å². The second kappa shape index (κ2) is 11.2. The van der Waals surface area contributed by atoms with Crippen LogP contribution in [0.3, 0.4) is 0 Å². The van der Waals surface area contributed by atoms with Gasteiger partial charge >= 0.3 is 14.0 Å². The van der Waals surface area contributed by atoms with Crippen LogP contribution in [0.25, 0.3) is 0 Å². The molecule has 9 heteroatoms. The molecule has 0 aromatic heterocycles. The SMILES string of the molecule is CC(=O)NCCCCCC([C@@H]1CN[C@H](c2cccc(C(=O)O)c2)CO1)[P+](=O)O. The molecule has 28 heavy (non-hydrogen) atoms. The van der Waals surface area contributed by atoms with E-state index in [9.17, 15) is 19.0 Å². The zero-order chi connectivity index (χ0) is 20.5. The minimum Gasteiger partial charge on any atom is -0.478 e. The lowest BCUT2D eigenvalue weighted by Gasteiger charge is -2.31. The quantitative estimate of drug-likeness (QED) is 0.344. The summed E-state index contributed by atoms with van der Waals surface area (Å²) >= 11 is 0. The third kappa shape index (κ3) is 6.95. The smallest absolute Gasteiger partial charge is 0.478 e. The number of carboxylic acid groups (broad SMARTS) is 1. The summed E-state index contributed by atoms with van der Waals surface area (Å²) in [6.07, 6.45) is 2.71. The summed E-state index contributed by atoms with van der Waals surface area (Å²) < 4.78 is 17.7. The molecule has 154 valence electrons. The summed E-state index contributed by atoms with van der Waals surface area (Å²) in [5.74, 6) is -1.03. The number of benzene rings is 1. The molecule has 4 atom stereocenters. The molecule has 0 saturated carbocycles. The molecule has 1 aromatic carbocycles. The van der Waals surface area contributed by atoms with Crippen LogP contribution in [0.5, 0.6) is 0 Å². The van der Waals surface area contributed by atoms with Crippen LogP contribution < -0.4 is 10.6 Å². The molecule has 1 fully saturated rings. The third-order valence-corrected chi connectivity index (χ3v) is 6.00. The molecule has 8 nitrogen and oxygen atoms in total. The number of rotatable bonds is 10. The maximum atomic E-state index is 11.8. The zero-order valence-electron chi connectivity index (χ0n) is 16.0. The average molecular weight is 411 g/mol. The van der Waals surface area contributed by atoms with Crippen LogP contribution in [-0.2, 0) is 14.1 Å². The van der Waals surface area contributed by atoms with Gasteiger partial charge in [0.25, 0.3) is 0 Å². The molecule has 0 aliphatic carbocycles. The number of hydrogen-bond acceptors (Lipinski definition) is 5. The van der Waals surface area contributed by atoms with E-state index in [-0.39, 0.29) is 23.6 Å². The minimum atomic E-state index is -2.37. The summed E-state index contributed by atoms with van der Waals surface area (Å²) in [5, 5.41) is 15.2. The summed E-state index contributed by atoms with van der Waals surface area (Å²) in [6, 6.07) is 6.54. The van der Waals surface area contributed by atoms with Gasteiger partial charge in [0.2, 0.25) is 11.6 Å². The highest BCUT2D eigenvalue weighted by atomic mass is 31.1. The normalized spacial score (nSPS) is 21.0. The van der Waals surface area contributed by atoms with Crippen molar-refractivity contribution in [3.8, 4) is 0 Å². The molecule has 2 rings (SSSR count). The van der Waals surface area contributed by atoms with Crippen molar-refractivity contribution in [1.82, 2.24) is 10.6 Å². The highest BCUT2D eigenvalue weighted by Crippen LogP contribution is 2.33. The van der Waals surface area contributed by atoms with Crippen LogP contribution in [0, 0.1) is 0 Å². The van der Waals surface area contributed by atoms with E-state index in [1.54, 1.807) is 12.1 Å². The Labute approximate surface area is 165 Å². The number of carbonyl (C=O) groups is 2. The molecule has 0 radical (unpaired) electrons. The maximum Gasteiger partial charge on any atom is 0.511 e. The minimum absolute atomic E-state index is 0.0542. The van der Waals surface area contributed by atoms with E-state index in [1.807, 2.05) is 6.07 Å². The monoisotopic (exact) mass is 411 g/mol. The van der Waals surface area contributed by atoms with Crippen molar-refractivity contribution in [2.24, 2.45) is 0 Å². The first-order valence-corrected chi connectivity index (χ1v) is 10.7.